The fourth-order valence-corrected chi connectivity index (χ4v) is 3.14. The number of amides is 2. The van der Waals surface area contributed by atoms with Crippen LogP contribution in [0.25, 0.3) is 0 Å². The van der Waals surface area contributed by atoms with E-state index in [1.54, 1.807) is 17.0 Å². The maximum Gasteiger partial charge on any atom is 0.227 e. The van der Waals surface area contributed by atoms with Crippen molar-refractivity contribution in [2.45, 2.75) is 52.5 Å². The molecule has 1 aromatic carbocycles. The molecule has 2 rings (SSSR count). The molecular formula is C19H27ClN2O2. The van der Waals surface area contributed by atoms with Gasteiger partial charge in [0, 0.05) is 29.7 Å². The lowest BCUT2D eigenvalue weighted by atomic mass is 10.0. The number of anilines is 1. The Morgan fingerprint density at radius 1 is 1.25 bits per heavy atom. The van der Waals surface area contributed by atoms with Crippen molar-refractivity contribution in [2.24, 2.45) is 11.8 Å². The van der Waals surface area contributed by atoms with E-state index in [-0.39, 0.29) is 30.2 Å². The number of halogens is 1. The standard InChI is InChI=1S/C19H27ClN2O2/c1-13(2)5-4-6-14(3)21-19(24)15-11-18(23)22(12-15)17-9-7-16(20)8-10-17/h7-10,13-15H,4-6,11-12H2,1-3H3,(H,21,24)/t14-,15-/m1/s1. The van der Waals surface area contributed by atoms with Crippen molar-refractivity contribution in [3.8, 4) is 0 Å². The highest BCUT2D eigenvalue weighted by Gasteiger charge is 2.35. The van der Waals surface area contributed by atoms with E-state index in [1.807, 2.05) is 19.1 Å². The summed E-state index contributed by atoms with van der Waals surface area (Å²) in [6.45, 7) is 6.88. The zero-order chi connectivity index (χ0) is 17.7. The van der Waals surface area contributed by atoms with Crippen LogP contribution in [0.15, 0.2) is 24.3 Å². The number of nitrogens with one attached hydrogen (secondary N) is 1. The Bertz CT molecular complexity index is 571. The molecule has 0 aliphatic carbocycles. The lowest BCUT2D eigenvalue weighted by Crippen LogP contribution is -2.38. The quantitative estimate of drug-likeness (QED) is 0.807. The van der Waals surface area contributed by atoms with E-state index in [0.717, 1.165) is 18.5 Å². The Hall–Kier alpha value is -1.55. The number of benzene rings is 1. The van der Waals surface area contributed by atoms with Gasteiger partial charge in [-0.05, 0) is 43.5 Å². The van der Waals surface area contributed by atoms with E-state index < -0.39 is 0 Å². The zero-order valence-electron chi connectivity index (χ0n) is 14.7. The summed E-state index contributed by atoms with van der Waals surface area (Å²) >= 11 is 5.88. The number of hydrogen-bond donors (Lipinski definition) is 1. The van der Waals surface area contributed by atoms with Crippen molar-refractivity contribution in [1.29, 1.82) is 0 Å². The zero-order valence-corrected chi connectivity index (χ0v) is 15.5. The van der Waals surface area contributed by atoms with Gasteiger partial charge in [0.25, 0.3) is 0 Å². The van der Waals surface area contributed by atoms with Crippen molar-refractivity contribution in [2.75, 3.05) is 11.4 Å². The van der Waals surface area contributed by atoms with Crippen molar-refractivity contribution < 1.29 is 9.59 Å². The summed E-state index contributed by atoms with van der Waals surface area (Å²) in [6.07, 6.45) is 3.53. The average molecular weight is 351 g/mol. The van der Waals surface area contributed by atoms with Gasteiger partial charge in [0.15, 0.2) is 0 Å². The topological polar surface area (TPSA) is 49.4 Å². The van der Waals surface area contributed by atoms with Crippen molar-refractivity contribution >= 4 is 29.1 Å². The van der Waals surface area contributed by atoms with E-state index >= 15 is 0 Å². The molecule has 2 atom stereocenters. The number of nitrogens with zero attached hydrogens (tertiary/aromatic N) is 1. The van der Waals surface area contributed by atoms with Gasteiger partial charge < -0.3 is 10.2 Å². The van der Waals surface area contributed by atoms with E-state index in [9.17, 15) is 9.59 Å². The Balaban J connectivity index is 1.85. The summed E-state index contributed by atoms with van der Waals surface area (Å²) in [7, 11) is 0. The molecule has 0 spiro atoms. The van der Waals surface area contributed by atoms with Gasteiger partial charge >= 0.3 is 0 Å². The minimum absolute atomic E-state index is 0.00932. The van der Waals surface area contributed by atoms with E-state index in [1.165, 1.54) is 6.42 Å². The smallest absolute Gasteiger partial charge is 0.227 e. The molecule has 0 unspecified atom stereocenters. The molecule has 0 saturated carbocycles. The van der Waals surface area contributed by atoms with Gasteiger partial charge in [-0.2, -0.15) is 0 Å². The van der Waals surface area contributed by atoms with Crippen LogP contribution in [-0.4, -0.2) is 24.4 Å². The van der Waals surface area contributed by atoms with Crippen LogP contribution in [0.4, 0.5) is 5.69 Å². The SMILES string of the molecule is CC(C)CCC[C@@H](C)NC(=O)[C@@H]1CC(=O)N(c2ccc(Cl)cc2)C1. The van der Waals surface area contributed by atoms with Crippen LogP contribution < -0.4 is 10.2 Å². The van der Waals surface area contributed by atoms with E-state index in [2.05, 4.69) is 19.2 Å². The van der Waals surface area contributed by atoms with Gasteiger partial charge in [-0.25, -0.2) is 0 Å². The summed E-state index contributed by atoms with van der Waals surface area (Å²) < 4.78 is 0. The molecule has 1 heterocycles. The van der Waals surface area contributed by atoms with Gasteiger partial charge in [-0.1, -0.05) is 38.3 Å². The lowest BCUT2D eigenvalue weighted by molar-refractivity contribution is -0.126. The molecular weight excluding hydrogens is 324 g/mol. The Labute approximate surface area is 149 Å². The summed E-state index contributed by atoms with van der Waals surface area (Å²) in [6, 6.07) is 7.29. The lowest BCUT2D eigenvalue weighted by Gasteiger charge is -2.19. The minimum Gasteiger partial charge on any atom is -0.353 e. The predicted octanol–water partition coefficient (Wildman–Crippen LogP) is 4.02. The Morgan fingerprint density at radius 2 is 1.92 bits per heavy atom. The van der Waals surface area contributed by atoms with Crippen LogP contribution in [0.3, 0.4) is 0 Å². The first-order valence-corrected chi connectivity index (χ1v) is 9.11. The molecule has 5 heteroatoms. The first-order chi connectivity index (χ1) is 11.4. The Kier molecular flexibility index (Phi) is 6.67. The Morgan fingerprint density at radius 3 is 2.54 bits per heavy atom. The summed E-state index contributed by atoms with van der Waals surface area (Å²) in [5.41, 5.74) is 0.796. The molecule has 4 nitrogen and oxygen atoms in total. The van der Waals surface area contributed by atoms with Gasteiger partial charge in [-0.15, -0.1) is 0 Å². The van der Waals surface area contributed by atoms with Crippen LogP contribution in [0.1, 0.15) is 46.5 Å². The highest BCUT2D eigenvalue weighted by atomic mass is 35.5. The third kappa shape index (κ3) is 5.23. The van der Waals surface area contributed by atoms with Crippen LogP contribution in [-0.2, 0) is 9.59 Å². The van der Waals surface area contributed by atoms with Gasteiger partial charge in [0.1, 0.15) is 0 Å². The largest absolute Gasteiger partial charge is 0.353 e. The molecule has 1 fully saturated rings. The van der Waals surface area contributed by atoms with E-state index in [4.69, 9.17) is 11.6 Å². The molecule has 1 aliphatic rings. The van der Waals surface area contributed by atoms with Crippen LogP contribution in [0, 0.1) is 11.8 Å². The second-order valence-corrected chi connectivity index (χ2v) is 7.55. The number of hydrogen-bond acceptors (Lipinski definition) is 2. The van der Waals surface area contributed by atoms with Gasteiger partial charge in [-0.3, -0.25) is 9.59 Å². The molecule has 1 aromatic rings. The number of carbonyl (C=O) groups excluding carboxylic acids is 2. The summed E-state index contributed by atoms with van der Waals surface area (Å²) in [4.78, 5) is 26.3. The first kappa shape index (κ1) is 18.8. The highest BCUT2D eigenvalue weighted by Crippen LogP contribution is 2.26. The predicted molar refractivity (Wildman–Crippen MR) is 98.2 cm³/mol. The van der Waals surface area contributed by atoms with Crippen molar-refractivity contribution in [3.63, 3.8) is 0 Å². The second kappa shape index (κ2) is 8.52. The van der Waals surface area contributed by atoms with Crippen LogP contribution in [0.5, 0.6) is 0 Å². The van der Waals surface area contributed by atoms with Crippen molar-refractivity contribution in [3.05, 3.63) is 29.3 Å². The molecule has 0 bridgehead atoms. The fraction of sp³-hybridized carbons (Fsp3) is 0.579. The first-order valence-electron chi connectivity index (χ1n) is 8.73. The minimum atomic E-state index is -0.277. The fourth-order valence-electron chi connectivity index (χ4n) is 3.02. The van der Waals surface area contributed by atoms with E-state index in [0.29, 0.717) is 17.5 Å². The monoisotopic (exact) mass is 350 g/mol. The second-order valence-electron chi connectivity index (χ2n) is 7.12. The molecule has 1 N–H and O–H groups in total. The molecule has 1 saturated heterocycles. The van der Waals surface area contributed by atoms with Gasteiger partial charge in [0.2, 0.25) is 11.8 Å². The van der Waals surface area contributed by atoms with Crippen LogP contribution >= 0.6 is 11.6 Å². The maximum absolute atomic E-state index is 12.4. The maximum atomic E-state index is 12.4. The molecule has 0 radical (unpaired) electrons. The number of carbonyl (C=O) groups is 2. The van der Waals surface area contributed by atoms with Gasteiger partial charge in [0.05, 0.1) is 5.92 Å². The molecule has 132 valence electrons. The third-order valence-electron chi connectivity index (χ3n) is 4.44. The van der Waals surface area contributed by atoms with Crippen molar-refractivity contribution in [1.82, 2.24) is 5.32 Å². The van der Waals surface area contributed by atoms with Crippen LogP contribution in [0.2, 0.25) is 5.02 Å². The molecule has 24 heavy (non-hydrogen) atoms. The molecule has 1 aliphatic heterocycles. The number of rotatable bonds is 7. The average Bonchev–Trinajstić information content (AvgIpc) is 2.90. The summed E-state index contributed by atoms with van der Waals surface area (Å²) in [5.74, 6) is 0.385. The normalized spacial score (nSPS) is 19.0. The highest BCUT2D eigenvalue weighted by molar-refractivity contribution is 6.30. The summed E-state index contributed by atoms with van der Waals surface area (Å²) in [5, 5.41) is 3.69. The molecule has 2 amide bonds. The molecule has 0 aromatic heterocycles. The third-order valence-corrected chi connectivity index (χ3v) is 4.69.